The van der Waals surface area contributed by atoms with Gasteiger partial charge in [0.15, 0.2) is 0 Å². The van der Waals surface area contributed by atoms with Gasteiger partial charge < -0.3 is 4.90 Å². The van der Waals surface area contributed by atoms with E-state index in [0.29, 0.717) is 5.56 Å². The van der Waals surface area contributed by atoms with Crippen LogP contribution in [0.15, 0.2) is 17.1 Å². The second-order valence-electron chi connectivity index (χ2n) is 4.29. The number of carbonyl (C=O) groups excluding carboxylic acids is 1. The normalized spacial score (nSPS) is 10.8. The second kappa shape index (κ2) is 4.92. The maximum Gasteiger partial charge on any atom is 0.278 e. The predicted octanol–water partition coefficient (Wildman–Crippen LogP) is 2.34. The van der Waals surface area contributed by atoms with Crippen molar-refractivity contribution in [2.45, 2.75) is 20.8 Å². The molecule has 0 atom stereocenters. The van der Waals surface area contributed by atoms with E-state index in [-0.39, 0.29) is 5.91 Å². The fraction of sp³-hybridized carbons (Fsp3) is 0.385. The largest absolute Gasteiger partial charge is 0.369 e. The van der Waals surface area contributed by atoms with Crippen LogP contribution in [0.4, 0.5) is 0 Å². The smallest absolute Gasteiger partial charge is 0.278 e. The number of nitrogens with zero attached hydrogens (tertiary/aromatic N) is 2. The molecule has 0 spiro atoms. The Morgan fingerprint density at radius 3 is 2.12 bits per heavy atom. The molecule has 0 fully saturated rings. The number of amides is 1. The van der Waals surface area contributed by atoms with E-state index in [0.717, 1.165) is 11.1 Å². The highest BCUT2D eigenvalue weighted by Gasteiger charge is 2.11. The molecular weight excluding hydrogens is 200 g/mol. The zero-order valence-corrected chi connectivity index (χ0v) is 10.5. The summed E-state index contributed by atoms with van der Waals surface area (Å²) in [5.74, 6) is -0.177. The Balaban J connectivity index is 3.09. The molecule has 0 saturated carbocycles. The van der Waals surface area contributed by atoms with Crippen LogP contribution in [0.5, 0.6) is 0 Å². The van der Waals surface area contributed by atoms with Crippen LogP contribution in [-0.4, -0.2) is 31.2 Å². The molecule has 3 nitrogen and oxygen atoms in total. The number of benzene rings is 1. The number of aryl methyl sites for hydroxylation is 3. The molecule has 0 bridgehead atoms. The van der Waals surface area contributed by atoms with Crippen LogP contribution in [0, 0.1) is 20.8 Å². The lowest BCUT2D eigenvalue weighted by Gasteiger charge is -2.08. The first kappa shape index (κ1) is 12.4. The van der Waals surface area contributed by atoms with E-state index in [1.54, 1.807) is 4.90 Å². The highest BCUT2D eigenvalue weighted by Crippen LogP contribution is 2.17. The molecule has 0 heterocycles. The molecule has 1 amide bonds. The number of aliphatic imine (C=N–C) groups is 1. The molecule has 0 aromatic heterocycles. The van der Waals surface area contributed by atoms with Crippen molar-refractivity contribution >= 4 is 12.2 Å². The van der Waals surface area contributed by atoms with Gasteiger partial charge in [-0.25, -0.2) is 0 Å². The first-order valence-corrected chi connectivity index (χ1v) is 5.24. The van der Waals surface area contributed by atoms with Gasteiger partial charge in [0, 0.05) is 19.7 Å². The van der Waals surface area contributed by atoms with Crippen molar-refractivity contribution in [2.75, 3.05) is 14.1 Å². The van der Waals surface area contributed by atoms with Gasteiger partial charge in [0.1, 0.15) is 0 Å². The van der Waals surface area contributed by atoms with E-state index < -0.39 is 0 Å². The molecule has 0 radical (unpaired) electrons. The minimum absolute atomic E-state index is 0.177. The van der Waals surface area contributed by atoms with Gasteiger partial charge in [0.25, 0.3) is 5.91 Å². The zero-order chi connectivity index (χ0) is 12.3. The van der Waals surface area contributed by atoms with E-state index in [4.69, 9.17) is 0 Å². The van der Waals surface area contributed by atoms with Gasteiger partial charge in [0.05, 0.1) is 6.34 Å². The summed E-state index contributed by atoms with van der Waals surface area (Å²) < 4.78 is 0. The number of hydrogen-bond acceptors (Lipinski definition) is 1. The Morgan fingerprint density at radius 1 is 1.19 bits per heavy atom. The van der Waals surface area contributed by atoms with Crippen molar-refractivity contribution in [3.05, 3.63) is 34.4 Å². The van der Waals surface area contributed by atoms with E-state index in [1.165, 1.54) is 11.9 Å². The van der Waals surface area contributed by atoms with Crippen LogP contribution in [0.1, 0.15) is 27.0 Å². The van der Waals surface area contributed by atoms with Crippen molar-refractivity contribution in [1.29, 1.82) is 0 Å². The molecule has 1 aromatic carbocycles. The monoisotopic (exact) mass is 218 g/mol. The molecule has 0 N–H and O–H groups in total. The third-order valence-electron chi connectivity index (χ3n) is 2.30. The summed E-state index contributed by atoms with van der Waals surface area (Å²) in [5.41, 5.74) is 3.85. The zero-order valence-electron chi connectivity index (χ0n) is 10.5. The van der Waals surface area contributed by atoms with E-state index in [1.807, 2.05) is 47.0 Å². The van der Waals surface area contributed by atoms with Gasteiger partial charge in [-0.3, -0.25) is 4.79 Å². The van der Waals surface area contributed by atoms with Crippen molar-refractivity contribution in [3.8, 4) is 0 Å². The average Bonchev–Trinajstić information content (AvgIpc) is 2.12. The van der Waals surface area contributed by atoms with Crippen LogP contribution in [0.25, 0.3) is 0 Å². The molecular formula is C13H18N2O. The van der Waals surface area contributed by atoms with E-state index in [2.05, 4.69) is 4.99 Å². The molecule has 1 rings (SSSR count). The van der Waals surface area contributed by atoms with Gasteiger partial charge in [-0.15, -0.1) is 0 Å². The van der Waals surface area contributed by atoms with Crippen molar-refractivity contribution in [3.63, 3.8) is 0 Å². The number of carbonyl (C=O) groups is 1. The molecule has 0 aliphatic rings. The van der Waals surface area contributed by atoms with Gasteiger partial charge in [0.2, 0.25) is 0 Å². The average molecular weight is 218 g/mol. The molecule has 86 valence electrons. The van der Waals surface area contributed by atoms with E-state index in [9.17, 15) is 4.79 Å². The standard InChI is InChI=1S/C13H18N2O/c1-9-6-10(2)12(11(3)7-9)13(16)14-8-15(4)5/h6-8H,1-5H3/b14-8+. The minimum Gasteiger partial charge on any atom is -0.369 e. The molecule has 1 aromatic rings. The summed E-state index contributed by atoms with van der Waals surface area (Å²) in [6.07, 6.45) is 1.53. The summed E-state index contributed by atoms with van der Waals surface area (Å²) in [6, 6.07) is 4.01. The van der Waals surface area contributed by atoms with Crippen LogP contribution in [0.2, 0.25) is 0 Å². The fourth-order valence-corrected chi connectivity index (χ4v) is 1.75. The van der Waals surface area contributed by atoms with Gasteiger partial charge in [-0.2, -0.15) is 4.99 Å². The summed E-state index contributed by atoms with van der Waals surface area (Å²) in [5, 5.41) is 0. The van der Waals surface area contributed by atoms with Crippen molar-refractivity contribution in [2.24, 2.45) is 4.99 Å². The second-order valence-corrected chi connectivity index (χ2v) is 4.29. The Kier molecular flexibility index (Phi) is 3.82. The Labute approximate surface area is 96.8 Å². The summed E-state index contributed by atoms with van der Waals surface area (Å²) in [6.45, 7) is 5.91. The van der Waals surface area contributed by atoms with Gasteiger partial charge >= 0.3 is 0 Å². The predicted molar refractivity (Wildman–Crippen MR) is 67.2 cm³/mol. The Bertz CT molecular complexity index is 411. The lowest BCUT2D eigenvalue weighted by Crippen LogP contribution is -2.11. The first-order chi connectivity index (χ1) is 7.41. The van der Waals surface area contributed by atoms with Crippen LogP contribution < -0.4 is 0 Å². The molecule has 0 saturated heterocycles. The quantitative estimate of drug-likeness (QED) is 0.564. The van der Waals surface area contributed by atoms with Crippen molar-refractivity contribution < 1.29 is 4.79 Å². The molecule has 0 unspecified atom stereocenters. The first-order valence-electron chi connectivity index (χ1n) is 5.24. The lowest BCUT2D eigenvalue weighted by atomic mass is 9.99. The van der Waals surface area contributed by atoms with Gasteiger partial charge in [-0.1, -0.05) is 17.7 Å². The maximum atomic E-state index is 11.9. The highest BCUT2D eigenvalue weighted by atomic mass is 16.1. The Morgan fingerprint density at radius 2 is 1.69 bits per heavy atom. The fourth-order valence-electron chi connectivity index (χ4n) is 1.75. The summed E-state index contributed by atoms with van der Waals surface area (Å²) in [7, 11) is 3.68. The topological polar surface area (TPSA) is 32.7 Å². The third-order valence-corrected chi connectivity index (χ3v) is 2.30. The third kappa shape index (κ3) is 2.92. The van der Waals surface area contributed by atoms with Crippen molar-refractivity contribution in [1.82, 2.24) is 4.90 Å². The van der Waals surface area contributed by atoms with Crippen LogP contribution in [0.3, 0.4) is 0 Å². The minimum atomic E-state index is -0.177. The van der Waals surface area contributed by atoms with E-state index >= 15 is 0 Å². The van der Waals surface area contributed by atoms with Gasteiger partial charge in [-0.05, 0) is 31.9 Å². The Hall–Kier alpha value is -1.64. The molecule has 3 heteroatoms. The lowest BCUT2D eigenvalue weighted by molar-refractivity contribution is 0.100. The molecule has 0 aliphatic heterocycles. The summed E-state index contributed by atoms with van der Waals surface area (Å²) >= 11 is 0. The summed E-state index contributed by atoms with van der Waals surface area (Å²) in [4.78, 5) is 17.5. The SMILES string of the molecule is Cc1cc(C)c(C(=O)/N=C/N(C)C)c(C)c1. The van der Waals surface area contributed by atoms with Crippen LogP contribution in [-0.2, 0) is 0 Å². The van der Waals surface area contributed by atoms with Crippen LogP contribution >= 0.6 is 0 Å². The number of rotatable bonds is 2. The maximum absolute atomic E-state index is 11.9. The molecule has 0 aliphatic carbocycles. The highest BCUT2D eigenvalue weighted by molar-refractivity contribution is 6.01. The molecule has 16 heavy (non-hydrogen) atoms. The number of hydrogen-bond donors (Lipinski definition) is 0.